The van der Waals surface area contributed by atoms with Gasteiger partial charge in [0, 0.05) is 17.1 Å². The average Bonchev–Trinajstić information content (AvgIpc) is 2.74. The fourth-order valence-corrected chi connectivity index (χ4v) is 3.35. The topological polar surface area (TPSA) is 58.6 Å². The van der Waals surface area contributed by atoms with Gasteiger partial charge in [-0.25, -0.2) is 0 Å². The van der Waals surface area contributed by atoms with Gasteiger partial charge >= 0.3 is 0 Å². The molecule has 0 saturated carbocycles. The molecule has 1 N–H and O–H groups in total. The summed E-state index contributed by atoms with van der Waals surface area (Å²) in [5, 5.41) is 3.02. The van der Waals surface area contributed by atoms with Crippen LogP contribution < -0.4 is 10.1 Å². The van der Waals surface area contributed by atoms with Crippen molar-refractivity contribution in [3.63, 3.8) is 0 Å². The molecule has 2 atom stereocenters. The lowest BCUT2D eigenvalue weighted by atomic mass is 10.1. The molecule has 2 amide bonds. The van der Waals surface area contributed by atoms with Crippen molar-refractivity contribution in [2.45, 2.75) is 59.2 Å². The molecule has 0 bridgehead atoms. The van der Waals surface area contributed by atoms with Crippen LogP contribution in [0.4, 0.5) is 0 Å². The van der Waals surface area contributed by atoms with E-state index in [2.05, 4.69) is 21.2 Å². The highest BCUT2D eigenvalue weighted by Gasteiger charge is 2.29. The van der Waals surface area contributed by atoms with Crippen LogP contribution in [0.15, 0.2) is 53.0 Å². The second kappa shape index (κ2) is 11.7. The monoisotopic (exact) mass is 474 g/mol. The summed E-state index contributed by atoms with van der Waals surface area (Å²) < 4.78 is 6.64. The van der Waals surface area contributed by atoms with Crippen LogP contribution in [0.5, 0.6) is 5.75 Å². The molecular weight excluding hydrogens is 444 g/mol. The van der Waals surface area contributed by atoms with Crippen LogP contribution in [0.2, 0.25) is 0 Å². The van der Waals surface area contributed by atoms with Gasteiger partial charge in [0.2, 0.25) is 5.91 Å². The number of aryl methyl sites for hydroxylation is 1. The molecule has 0 radical (unpaired) electrons. The fourth-order valence-electron chi connectivity index (χ4n) is 3.09. The number of carbonyl (C=O) groups is 2. The fraction of sp³-hybridized carbons (Fsp3) is 0.417. The second-order valence-electron chi connectivity index (χ2n) is 7.43. The number of amides is 2. The zero-order chi connectivity index (χ0) is 22.1. The van der Waals surface area contributed by atoms with E-state index in [-0.39, 0.29) is 24.5 Å². The number of nitrogens with one attached hydrogen (secondary N) is 1. The third-order valence-corrected chi connectivity index (χ3v) is 5.69. The largest absolute Gasteiger partial charge is 0.484 e. The normalized spacial score (nSPS) is 12.7. The zero-order valence-electron chi connectivity index (χ0n) is 18.2. The van der Waals surface area contributed by atoms with Crippen molar-refractivity contribution in [2.75, 3.05) is 6.61 Å². The van der Waals surface area contributed by atoms with Gasteiger partial charge in [-0.15, -0.1) is 0 Å². The summed E-state index contributed by atoms with van der Waals surface area (Å²) in [6.45, 7) is 8.16. The van der Waals surface area contributed by atoms with Crippen molar-refractivity contribution < 1.29 is 14.3 Å². The average molecular weight is 475 g/mol. The van der Waals surface area contributed by atoms with Gasteiger partial charge in [-0.2, -0.15) is 0 Å². The van der Waals surface area contributed by atoms with Gasteiger partial charge in [0.05, 0.1) is 0 Å². The lowest BCUT2D eigenvalue weighted by molar-refractivity contribution is -0.143. The molecular formula is C24H31BrN2O3. The smallest absolute Gasteiger partial charge is 0.261 e. The molecule has 2 rings (SSSR count). The molecule has 0 aliphatic rings. The molecule has 0 aromatic heterocycles. The highest BCUT2D eigenvalue weighted by molar-refractivity contribution is 9.10. The Bertz CT molecular complexity index is 839. The maximum absolute atomic E-state index is 13.2. The van der Waals surface area contributed by atoms with E-state index in [9.17, 15) is 9.59 Å². The SMILES string of the molecule is CC[C@H](C)NC(=O)[C@H](CC)N(Cc1ccccc1C)C(=O)COc1ccc(Br)cc1. The number of rotatable bonds is 10. The Kier molecular flexibility index (Phi) is 9.37. The van der Waals surface area contributed by atoms with Gasteiger partial charge in [-0.1, -0.05) is 54.0 Å². The molecule has 0 spiro atoms. The van der Waals surface area contributed by atoms with Gasteiger partial charge in [0.25, 0.3) is 5.91 Å². The number of carbonyl (C=O) groups excluding carboxylic acids is 2. The summed E-state index contributed by atoms with van der Waals surface area (Å²) >= 11 is 3.39. The first kappa shape index (κ1) is 23.9. The third-order valence-electron chi connectivity index (χ3n) is 5.16. The van der Waals surface area contributed by atoms with Crippen LogP contribution in [-0.2, 0) is 16.1 Å². The van der Waals surface area contributed by atoms with E-state index in [1.807, 2.05) is 64.1 Å². The maximum Gasteiger partial charge on any atom is 0.261 e. The Morgan fingerprint density at radius 2 is 1.73 bits per heavy atom. The van der Waals surface area contributed by atoms with Crippen molar-refractivity contribution in [3.8, 4) is 5.75 Å². The van der Waals surface area contributed by atoms with Crippen molar-refractivity contribution in [3.05, 3.63) is 64.1 Å². The van der Waals surface area contributed by atoms with E-state index >= 15 is 0 Å². The minimum absolute atomic E-state index is 0.0565. The Labute approximate surface area is 187 Å². The van der Waals surface area contributed by atoms with Crippen LogP contribution >= 0.6 is 15.9 Å². The molecule has 0 aliphatic carbocycles. The molecule has 2 aromatic rings. The standard InChI is InChI=1S/C24H31BrN2O3/c1-5-18(4)26-24(29)22(6-2)27(15-19-10-8-7-9-17(19)3)23(28)16-30-21-13-11-20(25)12-14-21/h7-14,18,22H,5-6,15-16H2,1-4H3,(H,26,29)/t18-,22-/m0/s1. The maximum atomic E-state index is 13.2. The minimum Gasteiger partial charge on any atom is -0.484 e. The molecule has 0 aliphatic heterocycles. The van der Waals surface area contributed by atoms with Crippen LogP contribution in [0.1, 0.15) is 44.7 Å². The summed E-state index contributed by atoms with van der Waals surface area (Å²) in [5.74, 6) is 0.268. The van der Waals surface area contributed by atoms with E-state index in [0.29, 0.717) is 18.7 Å². The Morgan fingerprint density at radius 3 is 2.33 bits per heavy atom. The van der Waals surface area contributed by atoms with Crippen LogP contribution in [0.3, 0.4) is 0 Å². The molecule has 162 valence electrons. The van der Waals surface area contributed by atoms with Gasteiger partial charge < -0.3 is 15.0 Å². The number of halogens is 1. The van der Waals surface area contributed by atoms with Crippen molar-refractivity contribution in [2.24, 2.45) is 0 Å². The first-order valence-corrected chi connectivity index (χ1v) is 11.2. The van der Waals surface area contributed by atoms with Crippen LogP contribution in [0, 0.1) is 6.92 Å². The van der Waals surface area contributed by atoms with Gasteiger partial charge in [0.15, 0.2) is 6.61 Å². The van der Waals surface area contributed by atoms with Crippen molar-refractivity contribution >= 4 is 27.7 Å². The number of hydrogen-bond acceptors (Lipinski definition) is 3. The molecule has 0 heterocycles. The quantitative estimate of drug-likeness (QED) is 0.534. The molecule has 5 nitrogen and oxygen atoms in total. The number of ether oxygens (including phenoxy) is 1. The summed E-state index contributed by atoms with van der Waals surface area (Å²) in [5.41, 5.74) is 2.10. The predicted molar refractivity (Wildman–Crippen MR) is 123 cm³/mol. The number of benzene rings is 2. The first-order valence-electron chi connectivity index (χ1n) is 10.4. The second-order valence-corrected chi connectivity index (χ2v) is 8.35. The Morgan fingerprint density at radius 1 is 1.07 bits per heavy atom. The van der Waals surface area contributed by atoms with Gasteiger partial charge in [-0.3, -0.25) is 9.59 Å². The molecule has 2 aromatic carbocycles. The summed E-state index contributed by atoms with van der Waals surface area (Å²) in [6.07, 6.45) is 1.36. The van der Waals surface area contributed by atoms with E-state index in [4.69, 9.17) is 4.74 Å². The molecule has 6 heteroatoms. The van der Waals surface area contributed by atoms with Crippen molar-refractivity contribution in [1.82, 2.24) is 10.2 Å². The van der Waals surface area contributed by atoms with Gasteiger partial charge in [0.1, 0.15) is 11.8 Å². The number of nitrogens with zero attached hydrogens (tertiary/aromatic N) is 1. The lowest BCUT2D eigenvalue weighted by Crippen LogP contribution is -2.51. The Balaban J connectivity index is 2.21. The molecule has 0 unspecified atom stereocenters. The van der Waals surface area contributed by atoms with Crippen molar-refractivity contribution in [1.29, 1.82) is 0 Å². The van der Waals surface area contributed by atoms with Crippen LogP contribution in [0.25, 0.3) is 0 Å². The highest BCUT2D eigenvalue weighted by atomic mass is 79.9. The minimum atomic E-state index is -0.556. The third kappa shape index (κ3) is 6.87. The number of hydrogen-bond donors (Lipinski definition) is 1. The Hall–Kier alpha value is -2.34. The van der Waals surface area contributed by atoms with E-state index in [1.54, 1.807) is 17.0 Å². The van der Waals surface area contributed by atoms with Gasteiger partial charge in [-0.05, 0) is 62.1 Å². The van der Waals surface area contributed by atoms with E-state index in [0.717, 1.165) is 22.0 Å². The van der Waals surface area contributed by atoms with E-state index < -0.39 is 6.04 Å². The van der Waals surface area contributed by atoms with Crippen LogP contribution in [-0.4, -0.2) is 35.4 Å². The summed E-state index contributed by atoms with van der Waals surface area (Å²) in [7, 11) is 0. The lowest BCUT2D eigenvalue weighted by Gasteiger charge is -2.31. The summed E-state index contributed by atoms with van der Waals surface area (Å²) in [4.78, 5) is 27.7. The summed E-state index contributed by atoms with van der Waals surface area (Å²) in [6, 6.07) is 14.7. The zero-order valence-corrected chi connectivity index (χ0v) is 19.7. The highest BCUT2D eigenvalue weighted by Crippen LogP contribution is 2.18. The first-order chi connectivity index (χ1) is 14.3. The molecule has 0 saturated heterocycles. The molecule has 0 fully saturated rings. The molecule has 30 heavy (non-hydrogen) atoms. The van der Waals surface area contributed by atoms with E-state index in [1.165, 1.54) is 0 Å². The predicted octanol–water partition coefficient (Wildman–Crippen LogP) is 4.86.